The monoisotopic (exact) mass is 420 g/mol. The number of benzene rings is 1. The van der Waals surface area contributed by atoms with E-state index >= 15 is 0 Å². The first-order valence-electron chi connectivity index (χ1n) is 10.7. The van der Waals surface area contributed by atoms with Gasteiger partial charge in [0.1, 0.15) is 0 Å². The van der Waals surface area contributed by atoms with Crippen molar-refractivity contribution in [3.63, 3.8) is 0 Å². The number of esters is 1. The molecule has 0 radical (unpaired) electrons. The van der Waals surface area contributed by atoms with E-state index in [-0.39, 0.29) is 12.0 Å². The van der Waals surface area contributed by atoms with Gasteiger partial charge >= 0.3 is 5.97 Å². The molecule has 0 saturated heterocycles. The van der Waals surface area contributed by atoms with Gasteiger partial charge in [-0.3, -0.25) is 4.99 Å². The summed E-state index contributed by atoms with van der Waals surface area (Å²) in [5.41, 5.74) is 0.594. The number of carbonyl (C=O) groups is 1. The van der Waals surface area contributed by atoms with Gasteiger partial charge in [0.05, 0.1) is 36.4 Å². The summed E-state index contributed by atoms with van der Waals surface area (Å²) >= 11 is 1.61. The summed E-state index contributed by atoms with van der Waals surface area (Å²) in [6, 6.07) is 8.15. The highest BCUT2D eigenvalue weighted by molar-refractivity contribution is 8.14. The summed E-state index contributed by atoms with van der Waals surface area (Å²) in [6.45, 7) is 5.90. The molecule has 1 aliphatic rings. The van der Waals surface area contributed by atoms with Crippen LogP contribution in [0.4, 0.5) is 0 Å². The molecule has 1 unspecified atom stereocenters. The van der Waals surface area contributed by atoms with E-state index in [2.05, 4.69) is 19.2 Å². The van der Waals surface area contributed by atoms with Gasteiger partial charge in [0.2, 0.25) is 0 Å². The van der Waals surface area contributed by atoms with E-state index in [1.54, 1.807) is 18.9 Å². The van der Waals surface area contributed by atoms with Gasteiger partial charge in [0.15, 0.2) is 0 Å². The largest absolute Gasteiger partial charge is 0.465 e. The summed E-state index contributed by atoms with van der Waals surface area (Å²) < 4.78 is 10.2. The molecule has 0 bridgehead atoms. The number of rotatable bonds is 10. The average molecular weight is 421 g/mol. The molecule has 29 heavy (non-hydrogen) atoms. The van der Waals surface area contributed by atoms with Crippen LogP contribution in [0.25, 0.3) is 0 Å². The third-order valence-electron chi connectivity index (χ3n) is 5.09. The summed E-state index contributed by atoms with van der Waals surface area (Å²) in [4.78, 5) is 18.4. The zero-order valence-corrected chi connectivity index (χ0v) is 19.1. The molecule has 0 aliphatic heterocycles. The fraction of sp³-hybridized carbons (Fsp3) is 0.652. The average Bonchev–Trinajstić information content (AvgIpc) is 2.73. The van der Waals surface area contributed by atoms with Crippen LogP contribution < -0.4 is 5.32 Å². The van der Waals surface area contributed by atoms with Crippen molar-refractivity contribution in [2.45, 2.75) is 69.4 Å². The summed E-state index contributed by atoms with van der Waals surface area (Å²) in [6.07, 6.45) is 7.09. The molecule has 0 spiro atoms. The smallest absolute Gasteiger partial charge is 0.339 e. The number of methoxy groups -OCH3 is 2. The highest BCUT2D eigenvalue weighted by Crippen LogP contribution is 2.30. The number of thioether (sulfide) groups is 1. The zero-order chi connectivity index (χ0) is 21.1. The number of nitrogens with zero attached hydrogens (tertiary/aromatic N) is 1. The SMILES string of the molecule is COCCNC(CC(C)C)C(=NC1CCCCC1)Sc1ccccc1C(=O)OC. The van der Waals surface area contributed by atoms with Crippen molar-refractivity contribution in [1.29, 1.82) is 0 Å². The second kappa shape index (κ2) is 13.0. The molecular weight excluding hydrogens is 384 g/mol. The summed E-state index contributed by atoms with van der Waals surface area (Å²) in [7, 11) is 3.15. The van der Waals surface area contributed by atoms with Gasteiger partial charge in [-0.2, -0.15) is 0 Å². The Kier molecular flexibility index (Phi) is 10.7. The molecule has 1 N–H and O–H groups in total. The summed E-state index contributed by atoms with van der Waals surface area (Å²) in [5.74, 6) is 0.223. The lowest BCUT2D eigenvalue weighted by Crippen LogP contribution is -2.39. The lowest BCUT2D eigenvalue weighted by molar-refractivity contribution is 0.0597. The number of ether oxygens (including phenoxy) is 2. The summed E-state index contributed by atoms with van der Waals surface area (Å²) in [5, 5.41) is 4.70. The van der Waals surface area contributed by atoms with E-state index in [0.717, 1.165) is 35.7 Å². The Labute approximate surface area is 180 Å². The second-order valence-corrected chi connectivity index (χ2v) is 9.04. The molecule has 1 aliphatic carbocycles. The number of hydrogen-bond donors (Lipinski definition) is 1. The van der Waals surface area contributed by atoms with Gasteiger partial charge in [-0.1, -0.05) is 57.0 Å². The molecule has 5 nitrogen and oxygen atoms in total. The minimum Gasteiger partial charge on any atom is -0.465 e. The zero-order valence-electron chi connectivity index (χ0n) is 18.3. The lowest BCUT2D eigenvalue weighted by atomic mass is 9.96. The van der Waals surface area contributed by atoms with E-state index in [0.29, 0.717) is 24.1 Å². The topological polar surface area (TPSA) is 59.9 Å². The Balaban J connectivity index is 2.32. The normalized spacial score (nSPS) is 16.8. The van der Waals surface area contributed by atoms with Gasteiger partial charge in [-0.15, -0.1) is 0 Å². The van der Waals surface area contributed by atoms with Crippen LogP contribution in [0, 0.1) is 5.92 Å². The molecule has 162 valence electrons. The standard InChI is InChI=1S/C23H36N2O3S/c1-17(2)16-20(24-14-15-27-3)22(25-18-10-6-5-7-11-18)29-21-13-9-8-12-19(21)23(26)28-4/h8-9,12-13,17-18,20,24H,5-7,10-11,14-16H2,1-4H3. The quantitative estimate of drug-likeness (QED) is 0.191. The Morgan fingerprint density at radius 1 is 1.21 bits per heavy atom. The highest BCUT2D eigenvalue weighted by atomic mass is 32.2. The molecule has 1 fully saturated rings. The van der Waals surface area contributed by atoms with Crippen LogP contribution in [0.2, 0.25) is 0 Å². The maximum atomic E-state index is 12.3. The van der Waals surface area contributed by atoms with Crippen molar-refractivity contribution in [3.8, 4) is 0 Å². The number of hydrogen-bond acceptors (Lipinski definition) is 6. The molecule has 2 rings (SSSR count). The second-order valence-electron chi connectivity index (χ2n) is 7.98. The van der Waals surface area contributed by atoms with Crippen LogP contribution in [0.1, 0.15) is 62.7 Å². The number of nitrogens with one attached hydrogen (secondary N) is 1. The first-order chi connectivity index (χ1) is 14.0. The van der Waals surface area contributed by atoms with Gasteiger partial charge in [-0.25, -0.2) is 4.79 Å². The third-order valence-corrected chi connectivity index (χ3v) is 6.27. The van der Waals surface area contributed by atoms with Crippen molar-refractivity contribution in [2.24, 2.45) is 10.9 Å². The van der Waals surface area contributed by atoms with Crippen LogP contribution in [-0.4, -0.2) is 50.5 Å². The Morgan fingerprint density at radius 3 is 2.59 bits per heavy atom. The molecule has 0 aromatic heterocycles. The Morgan fingerprint density at radius 2 is 1.93 bits per heavy atom. The van der Waals surface area contributed by atoms with E-state index in [9.17, 15) is 4.79 Å². The van der Waals surface area contributed by atoms with Gasteiger partial charge in [-0.05, 0) is 37.3 Å². The van der Waals surface area contributed by atoms with E-state index in [1.807, 2.05) is 24.3 Å². The molecule has 1 aromatic carbocycles. The molecule has 1 saturated carbocycles. The Bertz CT molecular complexity index is 657. The van der Waals surface area contributed by atoms with Crippen LogP contribution in [0.15, 0.2) is 34.2 Å². The molecule has 1 aromatic rings. The molecule has 6 heteroatoms. The van der Waals surface area contributed by atoms with Gasteiger partial charge in [0.25, 0.3) is 0 Å². The highest BCUT2D eigenvalue weighted by Gasteiger charge is 2.23. The van der Waals surface area contributed by atoms with Crippen LogP contribution >= 0.6 is 11.8 Å². The first-order valence-corrected chi connectivity index (χ1v) is 11.5. The van der Waals surface area contributed by atoms with Crippen LogP contribution in [-0.2, 0) is 9.47 Å². The van der Waals surface area contributed by atoms with Crippen molar-refractivity contribution in [1.82, 2.24) is 5.32 Å². The molecule has 0 heterocycles. The van der Waals surface area contributed by atoms with Crippen molar-refractivity contribution in [2.75, 3.05) is 27.4 Å². The first kappa shape index (κ1) is 23.9. The fourth-order valence-corrected chi connectivity index (χ4v) is 4.76. The predicted molar refractivity (Wildman–Crippen MR) is 121 cm³/mol. The Hall–Kier alpha value is -1.37. The van der Waals surface area contributed by atoms with Crippen molar-refractivity contribution >= 4 is 22.8 Å². The maximum Gasteiger partial charge on any atom is 0.339 e. The lowest BCUT2D eigenvalue weighted by Gasteiger charge is -2.26. The molecular formula is C23H36N2O3S. The van der Waals surface area contributed by atoms with Gasteiger partial charge < -0.3 is 14.8 Å². The minimum absolute atomic E-state index is 0.141. The number of aliphatic imine (C=N–C) groups is 1. The van der Waals surface area contributed by atoms with Crippen molar-refractivity contribution in [3.05, 3.63) is 29.8 Å². The number of carbonyl (C=O) groups excluding carboxylic acids is 1. The third kappa shape index (κ3) is 8.11. The van der Waals surface area contributed by atoms with E-state index < -0.39 is 0 Å². The van der Waals surface area contributed by atoms with Crippen molar-refractivity contribution < 1.29 is 14.3 Å². The molecule has 0 amide bonds. The minimum atomic E-state index is -0.308. The van der Waals surface area contributed by atoms with Crippen LogP contribution in [0.5, 0.6) is 0 Å². The fourth-order valence-electron chi connectivity index (χ4n) is 3.60. The predicted octanol–water partition coefficient (Wildman–Crippen LogP) is 4.95. The van der Waals surface area contributed by atoms with E-state index in [1.165, 1.54) is 26.4 Å². The van der Waals surface area contributed by atoms with Gasteiger partial charge in [0, 0.05) is 18.6 Å². The van der Waals surface area contributed by atoms with E-state index in [4.69, 9.17) is 14.5 Å². The van der Waals surface area contributed by atoms with Crippen LogP contribution in [0.3, 0.4) is 0 Å². The molecule has 1 atom stereocenters. The maximum absolute atomic E-state index is 12.3.